The standard InChI is InChI=1S/C6H7NS/c1-2-8-6-4-7-3-5(1)6/h1-2,7H,3-4H2. The fraction of sp³-hybridized carbons (Fsp3) is 0.333. The topological polar surface area (TPSA) is 12.0 Å². The van der Waals surface area contributed by atoms with Crippen LogP contribution < -0.4 is 5.32 Å². The van der Waals surface area contributed by atoms with Crippen LogP contribution in [0.25, 0.3) is 0 Å². The Bertz CT molecular complexity index is 174. The number of hydrogen-bond acceptors (Lipinski definition) is 2. The highest BCUT2D eigenvalue weighted by Crippen LogP contribution is 2.20. The molecule has 0 aromatic carbocycles. The van der Waals surface area contributed by atoms with Crippen LogP contribution in [0.3, 0.4) is 0 Å². The van der Waals surface area contributed by atoms with E-state index in [-0.39, 0.29) is 0 Å². The molecule has 1 aliphatic heterocycles. The third-order valence-electron chi connectivity index (χ3n) is 1.44. The predicted octanol–water partition coefficient (Wildman–Crippen LogP) is 1.35. The van der Waals surface area contributed by atoms with Crippen molar-refractivity contribution in [1.29, 1.82) is 0 Å². The van der Waals surface area contributed by atoms with Gasteiger partial charge in [0.15, 0.2) is 0 Å². The Kier molecular flexibility index (Phi) is 0.889. The molecule has 2 heteroatoms. The summed E-state index contributed by atoms with van der Waals surface area (Å²) < 4.78 is 0. The Hall–Kier alpha value is -0.340. The van der Waals surface area contributed by atoms with Gasteiger partial charge in [-0.3, -0.25) is 0 Å². The van der Waals surface area contributed by atoms with Crippen LogP contribution in [0.1, 0.15) is 10.4 Å². The smallest absolute Gasteiger partial charge is 0.0306 e. The molecule has 42 valence electrons. The van der Waals surface area contributed by atoms with E-state index in [1.807, 2.05) is 11.3 Å². The third-order valence-corrected chi connectivity index (χ3v) is 2.40. The molecule has 1 aromatic heterocycles. The molecule has 2 rings (SSSR count). The first kappa shape index (κ1) is 4.53. The highest BCUT2D eigenvalue weighted by atomic mass is 32.1. The summed E-state index contributed by atoms with van der Waals surface area (Å²) in [5, 5.41) is 5.44. The maximum atomic E-state index is 3.28. The van der Waals surface area contributed by atoms with Crippen molar-refractivity contribution in [2.24, 2.45) is 0 Å². The third kappa shape index (κ3) is 0.501. The molecule has 0 unspecified atom stereocenters. The lowest BCUT2D eigenvalue weighted by Gasteiger charge is -1.81. The lowest BCUT2D eigenvalue weighted by Crippen LogP contribution is -2.00. The van der Waals surface area contributed by atoms with Gasteiger partial charge in [-0.15, -0.1) is 11.3 Å². The molecule has 1 aromatic rings. The van der Waals surface area contributed by atoms with E-state index in [1.54, 1.807) is 0 Å². The quantitative estimate of drug-likeness (QED) is 0.552. The fourth-order valence-corrected chi connectivity index (χ4v) is 1.86. The van der Waals surface area contributed by atoms with E-state index in [0.29, 0.717) is 0 Å². The largest absolute Gasteiger partial charge is 0.308 e. The molecule has 1 N–H and O–H groups in total. The van der Waals surface area contributed by atoms with Crippen molar-refractivity contribution in [3.63, 3.8) is 0 Å². The zero-order valence-corrected chi connectivity index (χ0v) is 5.29. The highest BCUT2D eigenvalue weighted by Gasteiger charge is 2.08. The molecule has 2 heterocycles. The molecule has 0 atom stereocenters. The second kappa shape index (κ2) is 1.57. The van der Waals surface area contributed by atoms with E-state index in [4.69, 9.17) is 0 Å². The van der Waals surface area contributed by atoms with Gasteiger partial charge in [0.2, 0.25) is 0 Å². The molecule has 0 amide bonds. The first-order chi connectivity index (χ1) is 3.97. The maximum absolute atomic E-state index is 3.28. The Labute approximate surface area is 52.3 Å². The van der Waals surface area contributed by atoms with Gasteiger partial charge in [-0.05, 0) is 17.0 Å². The van der Waals surface area contributed by atoms with Crippen LogP contribution in [0, 0.1) is 0 Å². The van der Waals surface area contributed by atoms with E-state index in [9.17, 15) is 0 Å². The molecule has 0 spiro atoms. The van der Waals surface area contributed by atoms with Crippen LogP contribution in [0.5, 0.6) is 0 Å². The highest BCUT2D eigenvalue weighted by molar-refractivity contribution is 7.10. The van der Waals surface area contributed by atoms with Crippen LogP contribution in [0.2, 0.25) is 0 Å². The summed E-state index contributed by atoms with van der Waals surface area (Å²) in [4.78, 5) is 1.52. The predicted molar refractivity (Wildman–Crippen MR) is 34.9 cm³/mol. The molecular formula is C6H7NS. The van der Waals surface area contributed by atoms with Gasteiger partial charge in [-0.25, -0.2) is 0 Å². The molecule has 0 saturated heterocycles. The molecule has 0 fully saturated rings. The summed E-state index contributed by atoms with van der Waals surface area (Å²) in [7, 11) is 0. The lowest BCUT2D eigenvalue weighted by atomic mass is 10.3. The van der Waals surface area contributed by atoms with Crippen LogP contribution in [-0.2, 0) is 13.1 Å². The van der Waals surface area contributed by atoms with Crippen molar-refractivity contribution >= 4 is 11.3 Å². The zero-order valence-electron chi connectivity index (χ0n) is 4.48. The zero-order chi connectivity index (χ0) is 5.40. The normalized spacial score (nSPS) is 16.5. The van der Waals surface area contributed by atoms with Crippen molar-refractivity contribution in [2.45, 2.75) is 13.1 Å². The second-order valence-electron chi connectivity index (χ2n) is 1.97. The number of hydrogen-bond donors (Lipinski definition) is 1. The van der Waals surface area contributed by atoms with Crippen molar-refractivity contribution in [2.75, 3.05) is 0 Å². The molecule has 1 aliphatic rings. The van der Waals surface area contributed by atoms with Gasteiger partial charge < -0.3 is 5.32 Å². The van der Waals surface area contributed by atoms with E-state index in [1.165, 1.54) is 10.4 Å². The summed E-state index contributed by atoms with van der Waals surface area (Å²) >= 11 is 1.85. The minimum absolute atomic E-state index is 1.08. The van der Waals surface area contributed by atoms with Gasteiger partial charge in [0.05, 0.1) is 0 Å². The summed E-state index contributed by atoms with van der Waals surface area (Å²) in [6.45, 7) is 2.17. The fourth-order valence-electron chi connectivity index (χ4n) is 0.990. The number of rotatable bonds is 0. The second-order valence-corrected chi connectivity index (χ2v) is 2.97. The number of thiophene rings is 1. The summed E-state index contributed by atoms with van der Waals surface area (Å²) in [6.07, 6.45) is 0. The minimum atomic E-state index is 1.08. The Morgan fingerprint density at radius 2 is 2.50 bits per heavy atom. The molecular weight excluding hydrogens is 118 g/mol. The van der Waals surface area contributed by atoms with Gasteiger partial charge in [0.1, 0.15) is 0 Å². The van der Waals surface area contributed by atoms with Gasteiger partial charge in [0, 0.05) is 18.0 Å². The SMILES string of the molecule is c1cc2c(s1)CNC2. The van der Waals surface area contributed by atoms with Gasteiger partial charge in [0.25, 0.3) is 0 Å². The van der Waals surface area contributed by atoms with Crippen LogP contribution >= 0.6 is 11.3 Å². The van der Waals surface area contributed by atoms with Gasteiger partial charge in [-0.1, -0.05) is 0 Å². The first-order valence-corrected chi connectivity index (χ1v) is 3.61. The van der Waals surface area contributed by atoms with E-state index in [0.717, 1.165) is 13.1 Å². The van der Waals surface area contributed by atoms with Crippen molar-refractivity contribution in [1.82, 2.24) is 5.32 Å². The average molecular weight is 125 g/mol. The van der Waals surface area contributed by atoms with Crippen molar-refractivity contribution in [3.8, 4) is 0 Å². The van der Waals surface area contributed by atoms with Gasteiger partial charge in [-0.2, -0.15) is 0 Å². The molecule has 0 bridgehead atoms. The van der Waals surface area contributed by atoms with Crippen LogP contribution in [-0.4, -0.2) is 0 Å². The molecule has 0 radical (unpaired) electrons. The van der Waals surface area contributed by atoms with Crippen LogP contribution in [0.15, 0.2) is 11.4 Å². The number of fused-ring (bicyclic) bond motifs is 1. The molecule has 0 saturated carbocycles. The van der Waals surface area contributed by atoms with Crippen molar-refractivity contribution < 1.29 is 0 Å². The monoisotopic (exact) mass is 125 g/mol. The first-order valence-electron chi connectivity index (χ1n) is 2.73. The van der Waals surface area contributed by atoms with E-state index >= 15 is 0 Å². The number of nitrogens with one attached hydrogen (secondary N) is 1. The molecule has 1 nitrogen and oxygen atoms in total. The van der Waals surface area contributed by atoms with E-state index < -0.39 is 0 Å². The summed E-state index contributed by atoms with van der Waals surface area (Å²) in [5.41, 5.74) is 1.50. The molecule has 0 aliphatic carbocycles. The Morgan fingerprint density at radius 1 is 1.50 bits per heavy atom. The van der Waals surface area contributed by atoms with Crippen molar-refractivity contribution in [3.05, 3.63) is 21.9 Å². The van der Waals surface area contributed by atoms with Gasteiger partial charge >= 0.3 is 0 Å². The minimum Gasteiger partial charge on any atom is -0.308 e. The van der Waals surface area contributed by atoms with Crippen LogP contribution in [0.4, 0.5) is 0 Å². The Morgan fingerprint density at radius 3 is 3.38 bits per heavy atom. The Balaban J connectivity index is 2.54. The lowest BCUT2D eigenvalue weighted by molar-refractivity contribution is 0.767. The summed E-state index contributed by atoms with van der Waals surface area (Å²) in [6, 6.07) is 2.19. The maximum Gasteiger partial charge on any atom is 0.0306 e. The summed E-state index contributed by atoms with van der Waals surface area (Å²) in [5.74, 6) is 0. The van der Waals surface area contributed by atoms with E-state index in [2.05, 4.69) is 16.8 Å². The average Bonchev–Trinajstić information content (AvgIpc) is 2.15. The molecule has 8 heavy (non-hydrogen) atoms.